The molecule has 1 aromatic heterocycles. The Morgan fingerprint density at radius 1 is 1.64 bits per heavy atom. The van der Waals surface area contributed by atoms with Gasteiger partial charge in [0.15, 0.2) is 4.34 Å². The predicted octanol–water partition coefficient (Wildman–Crippen LogP) is 1.80. The molecule has 1 N–H and O–H groups in total. The molecule has 0 radical (unpaired) electrons. The molecule has 1 heterocycles. The average Bonchev–Trinajstić information content (AvgIpc) is 2.44. The quantitative estimate of drug-likeness (QED) is 0.857. The van der Waals surface area contributed by atoms with Gasteiger partial charge in [-0.25, -0.2) is 4.98 Å². The minimum atomic E-state index is -0.685. The lowest BCUT2D eigenvalue weighted by Gasteiger charge is -2.31. The molecule has 0 saturated heterocycles. The third kappa shape index (κ3) is 1.90. The summed E-state index contributed by atoms with van der Waals surface area (Å²) in [5, 5.41) is 9.04. The van der Waals surface area contributed by atoms with Crippen LogP contribution in [0.4, 0.5) is 0 Å². The van der Waals surface area contributed by atoms with E-state index in [-0.39, 0.29) is 11.2 Å². The zero-order valence-corrected chi connectivity index (χ0v) is 9.27. The molecular weight excluding hydrogens is 220 g/mol. The molecule has 14 heavy (non-hydrogen) atoms. The van der Waals surface area contributed by atoms with E-state index in [1.165, 1.54) is 11.5 Å². The fourth-order valence-corrected chi connectivity index (χ4v) is 3.54. The first-order valence-electron chi connectivity index (χ1n) is 4.36. The highest BCUT2D eigenvalue weighted by atomic mass is 32.2. The van der Waals surface area contributed by atoms with Crippen LogP contribution in [-0.4, -0.2) is 25.7 Å². The number of rotatable bonds is 3. The predicted molar refractivity (Wildman–Crippen MR) is 54.7 cm³/mol. The average molecular weight is 230 g/mol. The molecule has 0 bridgehead atoms. The molecule has 1 saturated carbocycles. The number of aliphatic carboxylic acids is 1. The topological polar surface area (TPSA) is 63.1 Å². The number of thioether (sulfide) groups is 1. The highest BCUT2D eigenvalue weighted by Crippen LogP contribution is 2.41. The first-order chi connectivity index (χ1) is 6.66. The van der Waals surface area contributed by atoms with Gasteiger partial charge in [-0.3, -0.25) is 4.79 Å². The van der Waals surface area contributed by atoms with Crippen LogP contribution in [0.25, 0.3) is 0 Å². The lowest BCUT2D eigenvalue weighted by molar-refractivity contribution is -0.144. The van der Waals surface area contributed by atoms with Gasteiger partial charge in [-0.2, -0.15) is 4.37 Å². The van der Waals surface area contributed by atoms with Crippen molar-refractivity contribution in [2.45, 2.75) is 29.4 Å². The van der Waals surface area contributed by atoms with Gasteiger partial charge >= 0.3 is 5.97 Å². The maximum absolute atomic E-state index is 10.7. The Morgan fingerprint density at radius 3 is 2.86 bits per heavy atom. The van der Waals surface area contributed by atoms with E-state index in [4.69, 9.17) is 5.11 Å². The van der Waals surface area contributed by atoms with Gasteiger partial charge in [0.25, 0.3) is 0 Å². The summed E-state index contributed by atoms with van der Waals surface area (Å²) >= 11 is 2.90. The summed E-state index contributed by atoms with van der Waals surface area (Å²) in [5.74, 6) is -0.108. The third-order valence-corrected chi connectivity index (χ3v) is 4.56. The maximum Gasteiger partial charge on any atom is 0.307 e. The largest absolute Gasteiger partial charge is 0.481 e. The summed E-state index contributed by atoms with van der Waals surface area (Å²) in [7, 11) is 0. The van der Waals surface area contributed by atoms with Crippen molar-refractivity contribution in [3.63, 3.8) is 0 Å². The second kappa shape index (κ2) is 3.86. The van der Waals surface area contributed by atoms with Crippen molar-refractivity contribution in [1.82, 2.24) is 9.36 Å². The number of carbonyl (C=O) groups is 1. The number of carboxylic acids is 1. The lowest BCUT2D eigenvalue weighted by atomic mass is 9.85. The van der Waals surface area contributed by atoms with Gasteiger partial charge in [0, 0.05) is 5.25 Å². The van der Waals surface area contributed by atoms with E-state index in [0.717, 1.165) is 23.0 Å². The number of carboxylic acid groups (broad SMARTS) is 1. The van der Waals surface area contributed by atoms with Crippen LogP contribution in [0.1, 0.15) is 18.7 Å². The van der Waals surface area contributed by atoms with Gasteiger partial charge in [-0.1, -0.05) is 11.8 Å². The van der Waals surface area contributed by atoms with Crippen molar-refractivity contribution < 1.29 is 9.90 Å². The van der Waals surface area contributed by atoms with Gasteiger partial charge < -0.3 is 5.11 Å². The fraction of sp³-hybridized carbons (Fsp3) is 0.625. The van der Waals surface area contributed by atoms with Gasteiger partial charge in [0.1, 0.15) is 5.82 Å². The van der Waals surface area contributed by atoms with E-state index in [2.05, 4.69) is 9.36 Å². The highest BCUT2D eigenvalue weighted by molar-refractivity contribution is 8.01. The second-order valence-electron chi connectivity index (χ2n) is 3.29. The summed E-state index contributed by atoms with van der Waals surface area (Å²) in [4.78, 5) is 14.9. The van der Waals surface area contributed by atoms with E-state index in [1.807, 2.05) is 6.92 Å². The molecule has 2 rings (SSSR count). The Labute approximate surface area is 89.9 Å². The Hall–Kier alpha value is -0.620. The third-order valence-electron chi connectivity index (χ3n) is 2.29. The summed E-state index contributed by atoms with van der Waals surface area (Å²) in [5.41, 5.74) is 0. The fourth-order valence-electron chi connectivity index (χ4n) is 1.35. The standard InChI is InChI=1S/C8H10N2O2S2/c1-4-9-8(14-10-4)13-6-3-2-5(6)7(11)12/h5-6H,2-3H2,1H3,(H,11,12). The molecule has 0 aliphatic heterocycles. The first kappa shape index (κ1) is 9.92. The van der Waals surface area contributed by atoms with Crippen LogP contribution < -0.4 is 0 Å². The molecule has 2 atom stereocenters. The monoisotopic (exact) mass is 230 g/mol. The Kier molecular flexibility index (Phi) is 2.73. The van der Waals surface area contributed by atoms with Gasteiger partial charge in [-0.15, -0.1) is 0 Å². The van der Waals surface area contributed by atoms with Crippen molar-refractivity contribution in [2.24, 2.45) is 5.92 Å². The van der Waals surface area contributed by atoms with Crippen molar-refractivity contribution in [3.8, 4) is 0 Å². The first-order valence-corrected chi connectivity index (χ1v) is 6.02. The van der Waals surface area contributed by atoms with Crippen molar-refractivity contribution in [2.75, 3.05) is 0 Å². The van der Waals surface area contributed by atoms with Crippen molar-refractivity contribution >= 4 is 29.3 Å². The molecule has 1 aliphatic rings. The number of nitrogens with zero attached hydrogens (tertiary/aromatic N) is 2. The number of hydrogen-bond acceptors (Lipinski definition) is 5. The number of hydrogen-bond donors (Lipinski definition) is 1. The van der Waals surface area contributed by atoms with Crippen LogP contribution >= 0.6 is 23.3 Å². The molecule has 1 aromatic rings. The minimum absolute atomic E-state index is 0.191. The molecule has 1 fully saturated rings. The SMILES string of the molecule is Cc1nsc(SC2CCC2C(=O)O)n1. The van der Waals surface area contributed by atoms with Crippen LogP contribution in [0.15, 0.2) is 4.34 Å². The van der Waals surface area contributed by atoms with Crippen LogP contribution in [0.3, 0.4) is 0 Å². The molecular formula is C8H10N2O2S2. The van der Waals surface area contributed by atoms with Gasteiger partial charge in [0.05, 0.1) is 5.92 Å². The highest BCUT2D eigenvalue weighted by Gasteiger charge is 2.37. The molecule has 1 aliphatic carbocycles. The van der Waals surface area contributed by atoms with E-state index in [1.54, 1.807) is 11.8 Å². The van der Waals surface area contributed by atoms with E-state index in [9.17, 15) is 4.79 Å². The molecule has 2 unspecified atom stereocenters. The minimum Gasteiger partial charge on any atom is -0.481 e. The normalized spacial score (nSPS) is 25.8. The summed E-state index contributed by atoms with van der Waals surface area (Å²) < 4.78 is 4.95. The number of aromatic nitrogens is 2. The molecule has 4 nitrogen and oxygen atoms in total. The van der Waals surface area contributed by atoms with Crippen LogP contribution in [0, 0.1) is 12.8 Å². The summed E-state index contributed by atoms with van der Waals surface area (Å²) in [6.07, 6.45) is 1.77. The van der Waals surface area contributed by atoms with Gasteiger partial charge in [0.2, 0.25) is 0 Å². The molecule has 76 valence electrons. The zero-order valence-electron chi connectivity index (χ0n) is 7.64. The smallest absolute Gasteiger partial charge is 0.307 e. The van der Waals surface area contributed by atoms with E-state index >= 15 is 0 Å². The van der Waals surface area contributed by atoms with E-state index in [0.29, 0.717) is 0 Å². The van der Waals surface area contributed by atoms with Crippen LogP contribution in [0.2, 0.25) is 0 Å². The maximum atomic E-state index is 10.7. The Balaban J connectivity index is 1.95. The molecule has 0 aromatic carbocycles. The molecule has 6 heteroatoms. The summed E-state index contributed by atoms with van der Waals surface area (Å²) in [6, 6.07) is 0. The Morgan fingerprint density at radius 2 is 2.43 bits per heavy atom. The van der Waals surface area contributed by atoms with Crippen LogP contribution in [0.5, 0.6) is 0 Å². The molecule has 0 amide bonds. The Bertz CT molecular complexity index is 353. The second-order valence-corrected chi connectivity index (χ2v) is 5.52. The van der Waals surface area contributed by atoms with Crippen molar-refractivity contribution in [3.05, 3.63) is 5.82 Å². The summed E-state index contributed by atoms with van der Waals surface area (Å²) in [6.45, 7) is 1.84. The lowest BCUT2D eigenvalue weighted by Crippen LogP contribution is -2.35. The zero-order chi connectivity index (χ0) is 10.1. The molecule has 0 spiro atoms. The van der Waals surface area contributed by atoms with Gasteiger partial charge in [-0.05, 0) is 31.3 Å². The number of aryl methyl sites for hydroxylation is 1. The van der Waals surface area contributed by atoms with Crippen LogP contribution in [-0.2, 0) is 4.79 Å². The van der Waals surface area contributed by atoms with E-state index < -0.39 is 5.97 Å². The van der Waals surface area contributed by atoms with Crippen molar-refractivity contribution in [1.29, 1.82) is 0 Å².